The van der Waals surface area contributed by atoms with Crippen molar-refractivity contribution in [3.8, 4) is 11.5 Å². The zero-order valence-electron chi connectivity index (χ0n) is 18.7. The lowest BCUT2D eigenvalue weighted by atomic mass is 9.97. The van der Waals surface area contributed by atoms with E-state index >= 15 is 0 Å². The summed E-state index contributed by atoms with van der Waals surface area (Å²) in [5, 5.41) is 1.34. The van der Waals surface area contributed by atoms with Gasteiger partial charge in [0.1, 0.15) is 5.82 Å². The summed E-state index contributed by atoms with van der Waals surface area (Å²) in [5.41, 5.74) is 2.12. The average molecular weight is 489 g/mol. The van der Waals surface area contributed by atoms with Crippen LogP contribution in [0, 0.1) is 5.82 Å². The van der Waals surface area contributed by atoms with Gasteiger partial charge in [-0.2, -0.15) is 0 Å². The number of halogens is 2. The smallest absolute Gasteiger partial charge is 0.262 e. The normalized spacial score (nSPS) is 13.8. The van der Waals surface area contributed by atoms with Gasteiger partial charge in [-0.05, 0) is 50.3 Å². The third kappa shape index (κ3) is 5.20. The van der Waals surface area contributed by atoms with Crippen LogP contribution in [0.15, 0.2) is 51.9 Å². The minimum Gasteiger partial charge on any atom is -0.493 e. The number of allylic oxidation sites excluding steroid dienone is 2. The summed E-state index contributed by atoms with van der Waals surface area (Å²) in [7, 11) is 3.08. The molecule has 1 heterocycles. The van der Waals surface area contributed by atoms with E-state index in [1.54, 1.807) is 35.9 Å². The van der Waals surface area contributed by atoms with Gasteiger partial charge in [-0.15, -0.1) is 0 Å². The topological polar surface area (TPSA) is 53.4 Å². The zero-order valence-corrected chi connectivity index (χ0v) is 20.3. The molecule has 1 aliphatic carbocycles. The molecule has 33 heavy (non-hydrogen) atoms. The molecule has 0 spiro atoms. The van der Waals surface area contributed by atoms with Crippen LogP contribution >= 0.6 is 23.4 Å². The Hall–Kier alpha value is -2.51. The van der Waals surface area contributed by atoms with E-state index in [2.05, 4.69) is 6.08 Å². The molecule has 4 rings (SSSR count). The van der Waals surface area contributed by atoms with Crippen molar-refractivity contribution >= 4 is 34.3 Å². The second-order valence-corrected chi connectivity index (χ2v) is 9.27. The summed E-state index contributed by atoms with van der Waals surface area (Å²) in [4.78, 5) is 18.3. The van der Waals surface area contributed by atoms with E-state index in [-0.39, 0.29) is 17.1 Å². The van der Waals surface area contributed by atoms with Gasteiger partial charge in [0, 0.05) is 29.0 Å². The van der Waals surface area contributed by atoms with E-state index in [9.17, 15) is 9.18 Å². The number of hydrogen-bond donors (Lipinski definition) is 0. The van der Waals surface area contributed by atoms with Gasteiger partial charge in [-0.1, -0.05) is 41.1 Å². The van der Waals surface area contributed by atoms with E-state index in [0.29, 0.717) is 44.7 Å². The van der Waals surface area contributed by atoms with Crippen molar-refractivity contribution in [2.75, 3.05) is 14.2 Å². The Balaban J connectivity index is 1.75. The molecule has 0 fully saturated rings. The molecule has 0 saturated carbocycles. The summed E-state index contributed by atoms with van der Waals surface area (Å²) < 4.78 is 26.8. The SMILES string of the molecule is COc1cc2nc(SCc3c(F)cccc3Cl)n(CCC3=CCCCC3)c(=O)c2cc1OC. The Morgan fingerprint density at radius 1 is 1.18 bits per heavy atom. The van der Waals surface area contributed by atoms with Crippen LogP contribution < -0.4 is 15.0 Å². The second-order valence-electron chi connectivity index (χ2n) is 7.92. The van der Waals surface area contributed by atoms with E-state index in [1.165, 1.54) is 43.4 Å². The number of benzene rings is 2. The molecule has 2 aromatic carbocycles. The molecule has 0 bridgehead atoms. The van der Waals surface area contributed by atoms with E-state index in [0.717, 1.165) is 19.3 Å². The fourth-order valence-electron chi connectivity index (χ4n) is 4.03. The van der Waals surface area contributed by atoms with Gasteiger partial charge in [-0.25, -0.2) is 9.37 Å². The molecular formula is C25H26ClFN2O3S. The highest BCUT2D eigenvalue weighted by atomic mass is 35.5. The van der Waals surface area contributed by atoms with E-state index in [1.807, 2.05) is 0 Å². The van der Waals surface area contributed by atoms with Crippen molar-refractivity contribution < 1.29 is 13.9 Å². The highest BCUT2D eigenvalue weighted by molar-refractivity contribution is 7.98. The van der Waals surface area contributed by atoms with Gasteiger partial charge in [-0.3, -0.25) is 9.36 Å². The summed E-state index contributed by atoms with van der Waals surface area (Å²) in [6.07, 6.45) is 7.62. The van der Waals surface area contributed by atoms with Crippen LogP contribution in [-0.4, -0.2) is 23.8 Å². The van der Waals surface area contributed by atoms with Crippen LogP contribution in [0.5, 0.6) is 11.5 Å². The summed E-state index contributed by atoms with van der Waals surface area (Å²) >= 11 is 7.52. The van der Waals surface area contributed by atoms with Crippen LogP contribution in [-0.2, 0) is 12.3 Å². The highest BCUT2D eigenvalue weighted by Crippen LogP contribution is 2.33. The molecular weight excluding hydrogens is 463 g/mol. The first-order valence-corrected chi connectivity index (χ1v) is 12.3. The van der Waals surface area contributed by atoms with Crippen LogP contribution in [0.1, 0.15) is 37.7 Å². The van der Waals surface area contributed by atoms with Gasteiger partial charge in [0.2, 0.25) is 0 Å². The van der Waals surface area contributed by atoms with Crippen LogP contribution in [0.4, 0.5) is 4.39 Å². The molecule has 0 radical (unpaired) electrons. The Morgan fingerprint density at radius 3 is 2.67 bits per heavy atom. The third-order valence-electron chi connectivity index (χ3n) is 5.87. The number of hydrogen-bond acceptors (Lipinski definition) is 5. The van der Waals surface area contributed by atoms with Crippen LogP contribution in [0.3, 0.4) is 0 Å². The van der Waals surface area contributed by atoms with Crippen molar-refractivity contribution in [3.05, 3.63) is 68.7 Å². The molecule has 0 N–H and O–H groups in total. The standard InChI is InChI=1S/C25H26ClFN2O3S/c1-31-22-13-17-21(14-23(22)32-2)28-25(33-15-18-19(26)9-6-10-20(18)27)29(24(17)30)12-11-16-7-4-3-5-8-16/h6-7,9-10,13-14H,3-5,8,11-12,15H2,1-2H3. The van der Waals surface area contributed by atoms with Crippen molar-refractivity contribution in [2.24, 2.45) is 0 Å². The Morgan fingerprint density at radius 2 is 1.97 bits per heavy atom. The molecule has 0 saturated heterocycles. The molecule has 1 aliphatic rings. The molecule has 3 aromatic rings. The zero-order chi connectivity index (χ0) is 23.4. The molecule has 0 amide bonds. The first-order valence-electron chi connectivity index (χ1n) is 10.9. The number of ether oxygens (including phenoxy) is 2. The first kappa shape index (κ1) is 23.6. The molecule has 1 aromatic heterocycles. The number of thioether (sulfide) groups is 1. The predicted octanol–water partition coefficient (Wildman–Crippen LogP) is 6.39. The minimum atomic E-state index is -0.372. The lowest BCUT2D eigenvalue weighted by Gasteiger charge is -2.17. The fraction of sp³-hybridized carbons (Fsp3) is 0.360. The fourth-order valence-corrected chi connectivity index (χ4v) is 5.40. The van der Waals surface area contributed by atoms with Crippen molar-refractivity contribution in [1.29, 1.82) is 0 Å². The van der Waals surface area contributed by atoms with Crippen LogP contribution in [0.25, 0.3) is 10.9 Å². The quantitative estimate of drug-likeness (QED) is 0.209. The van der Waals surface area contributed by atoms with Gasteiger partial charge < -0.3 is 9.47 Å². The van der Waals surface area contributed by atoms with E-state index < -0.39 is 0 Å². The number of nitrogens with zero attached hydrogens (tertiary/aromatic N) is 2. The van der Waals surface area contributed by atoms with E-state index in [4.69, 9.17) is 26.1 Å². The maximum atomic E-state index is 14.3. The molecule has 0 atom stereocenters. The predicted molar refractivity (Wildman–Crippen MR) is 131 cm³/mol. The lowest BCUT2D eigenvalue weighted by molar-refractivity contribution is 0.355. The van der Waals surface area contributed by atoms with Crippen molar-refractivity contribution in [2.45, 2.75) is 49.6 Å². The van der Waals surface area contributed by atoms with Gasteiger partial charge in [0.25, 0.3) is 5.56 Å². The molecule has 0 unspecified atom stereocenters. The summed E-state index contributed by atoms with van der Waals surface area (Å²) in [5.74, 6) is 0.863. The Kier molecular flexibility index (Phi) is 7.60. The molecule has 0 aliphatic heterocycles. The largest absolute Gasteiger partial charge is 0.493 e. The third-order valence-corrected chi connectivity index (χ3v) is 7.23. The molecule has 5 nitrogen and oxygen atoms in total. The number of rotatable bonds is 8. The average Bonchev–Trinajstić information content (AvgIpc) is 2.83. The Labute approximate surface area is 201 Å². The number of methoxy groups -OCH3 is 2. The summed E-state index contributed by atoms with van der Waals surface area (Å²) in [6, 6.07) is 7.99. The second kappa shape index (κ2) is 10.6. The summed E-state index contributed by atoms with van der Waals surface area (Å²) in [6.45, 7) is 0.509. The molecule has 8 heteroatoms. The maximum absolute atomic E-state index is 14.3. The minimum absolute atomic E-state index is 0.153. The Bertz CT molecular complexity index is 1240. The highest BCUT2D eigenvalue weighted by Gasteiger charge is 2.17. The van der Waals surface area contributed by atoms with Gasteiger partial charge in [0.05, 0.1) is 25.1 Å². The van der Waals surface area contributed by atoms with Crippen molar-refractivity contribution in [3.63, 3.8) is 0 Å². The lowest BCUT2D eigenvalue weighted by Crippen LogP contribution is -2.24. The number of aromatic nitrogens is 2. The monoisotopic (exact) mass is 488 g/mol. The van der Waals surface area contributed by atoms with Gasteiger partial charge in [0.15, 0.2) is 16.7 Å². The maximum Gasteiger partial charge on any atom is 0.262 e. The van der Waals surface area contributed by atoms with Gasteiger partial charge >= 0.3 is 0 Å². The molecule has 174 valence electrons. The van der Waals surface area contributed by atoms with Crippen molar-refractivity contribution in [1.82, 2.24) is 9.55 Å². The van der Waals surface area contributed by atoms with Crippen LogP contribution in [0.2, 0.25) is 5.02 Å². The number of fused-ring (bicyclic) bond motifs is 1. The first-order chi connectivity index (χ1) is 16.0.